The highest BCUT2D eigenvalue weighted by atomic mass is 16.3. The van der Waals surface area contributed by atoms with Crippen LogP contribution < -0.4 is 11.1 Å². The van der Waals surface area contributed by atoms with Crippen molar-refractivity contribution in [1.82, 2.24) is 5.32 Å². The van der Waals surface area contributed by atoms with Crippen LogP contribution in [0.4, 0.5) is 0 Å². The maximum Gasteiger partial charge on any atom is 0.251 e. The van der Waals surface area contributed by atoms with Crippen LogP contribution in [0.3, 0.4) is 0 Å². The molecule has 1 aliphatic carbocycles. The molecule has 0 aliphatic heterocycles. The van der Waals surface area contributed by atoms with Gasteiger partial charge in [-0.3, -0.25) is 9.59 Å². The third-order valence-corrected chi connectivity index (χ3v) is 4.01. The first kappa shape index (κ1) is 14.5. The topological polar surface area (TPSA) is 92.4 Å². The fraction of sp³-hybridized carbons (Fsp3) is 0.467. The number of nitrogens with two attached hydrogens (primary N) is 1. The van der Waals surface area contributed by atoms with Gasteiger partial charge in [0.25, 0.3) is 5.91 Å². The van der Waals surface area contributed by atoms with Crippen molar-refractivity contribution in [3.63, 3.8) is 0 Å². The van der Waals surface area contributed by atoms with E-state index in [0.717, 1.165) is 19.3 Å². The molecule has 1 aromatic rings. The second kappa shape index (κ2) is 6.52. The Kier molecular flexibility index (Phi) is 4.74. The molecule has 0 radical (unpaired) electrons. The van der Waals surface area contributed by atoms with Crippen LogP contribution in [0.5, 0.6) is 0 Å². The van der Waals surface area contributed by atoms with Crippen LogP contribution >= 0.6 is 0 Å². The van der Waals surface area contributed by atoms with Crippen LogP contribution in [0, 0.1) is 11.8 Å². The summed E-state index contributed by atoms with van der Waals surface area (Å²) in [5.41, 5.74) is 6.04. The van der Waals surface area contributed by atoms with Crippen molar-refractivity contribution in [2.75, 3.05) is 13.2 Å². The van der Waals surface area contributed by atoms with Gasteiger partial charge in [-0.05, 0) is 48.9 Å². The molecule has 0 saturated heterocycles. The number of nitrogens with one attached hydrogen (secondary N) is 1. The lowest BCUT2D eigenvalue weighted by Crippen LogP contribution is -2.31. The summed E-state index contributed by atoms with van der Waals surface area (Å²) in [6.45, 7) is 0.773. The standard InChI is InChI=1S/C15H20N2O3/c16-14(19)10-4-6-11(7-5-10)15(20)17-8-12-2-1-3-13(12)9-18/h4-7,12-13,18H,1-3,8-9H2,(H2,16,19)(H,17,20). The first-order chi connectivity index (χ1) is 9.61. The van der Waals surface area contributed by atoms with E-state index in [4.69, 9.17) is 5.73 Å². The number of aliphatic hydroxyl groups excluding tert-OH is 1. The highest BCUT2D eigenvalue weighted by Crippen LogP contribution is 2.30. The lowest BCUT2D eigenvalue weighted by molar-refractivity contribution is 0.0935. The van der Waals surface area contributed by atoms with Crippen LogP contribution in [-0.2, 0) is 0 Å². The molecule has 5 nitrogen and oxygen atoms in total. The number of carbonyl (C=O) groups excluding carboxylic acids is 2. The van der Waals surface area contributed by atoms with Gasteiger partial charge < -0.3 is 16.2 Å². The molecule has 20 heavy (non-hydrogen) atoms. The minimum absolute atomic E-state index is 0.162. The van der Waals surface area contributed by atoms with Gasteiger partial charge in [0.2, 0.25) is 5.91 Å². The van der Waals surface area contributed by atoms with Crippen molar-refractivity contribution < 1.29 is 14.7 Å². The summed E-state index contributed by atoms with van der Waals surface area (Å²) in [6, 6.07) is 6.27. The summed E-state index contributed by atoms with van der Waals surface area (Å²) in [7, 11) is 0. The molecule has 108 valence electrons. The smallest absolute Gasteiger partial charge is 0.251 e. The fourth-order valence-electron chi connectivity index (χ4n) is 2.73. The SMILES string of the molecule is NC(=O)c1ccc(C(=O)NCC2CCCC2CO)cc1. The van der Waals surface area contributed by atoms with Crippen LogP contribution in [0.1, 0.15) is 40.0 Å². The number of benzene rings is 1. The summed E-state index contributed by atoms with van der Waals surface area (Å²) in [4.78, 5) is 22.9. The Labute approximate surface area is 118 Å². The number of rotatable bonds is 5. The molecular formula is C15H20N2O3. The van der Waals surface area contributed by atoms with Gasteiger partial charge >= 0.3 is 0 Å². The molecule has 0 heterocycles. The van der Waals surface area contributed by atoms with Crippen molar-refractivity contribution in [3.05, 3.63) is 35.4 Å². The number of hydrogen-bond acceptors (Lipinski definition) is 3. The van der Waals surface area contributed by atoms with Crippen molar-refractivity contribution in [1.29, 1.82) is 0 Å². The van der Waals surface area contributed by atoms with Crippen molar-refractivity contribution in [3.8, 4) is 0 Å². The van der Waals surface area contributed by atoms with Gasteiger partial charge in [-0.1, -0.05) is 6.42 Å². The summed E-state index contributed by atoms with van der Waals surface area (Å²) in [5.74, 6) is -0.0142. The molecule has 0 bridgehead atoms. The summed E-state index contributed by atoms with van der Waals surface area (Å²) in [6.07, 6.45) is 3.19. The summed E-state index contributed by atoms with van der Waals surface area (Å²) >= 11 is 0. The second-order valence-corrected chi connectivity index (χ2v) is 5.29. The Morgan fingerprint density at radius 3 is 2.35 bits per heavy atom. The Morgan fingerprint density at radius 1 is 1.15 bits per heavy atom. The lowest BCUT2D eigenvalue weighted by atomic mass is 9.97. The minimum atomic E-state index is -0.506. The van der Waals surface area contributed by atoms with Gasteiger partial charge in [-0.2, -0.15) is 0 Å². The minimum Gasteiger partial charge on any atom is -0.396 e. The first-order valence-corrected chi connectivity index (χ1v) is 6.90. The molecule has 2 rings (SSSR count). The van der Waals surface area contributed by atoms with Gasteiger partial charge in [0.15, 0.2) is 0 Å². The monoisotopic (exact) mass is 276 g/mol. The lowest BCUT2D eigenvalue weighted by Gasteiger charge is -2.17. The van der Waals surface area contributed by atoms with Crippen molar-refractivity contribution >= 4 is 11.8 Å². The van der Waals surface area contributed by atoms with E-state index in [2.05, 4.69) is 5.32 Å². The van der Waals surface area contributed by atoms with E-state index in [1.165, 1.54) is 0 Å². The molecule has 2 amide bonds. The van der Waals surface area contributed by atoms with Crippen LogP contribution in [0.15, 0.2) is 24.3 Å². The van der Waals surface area contributed by atoms with Gasteiger partial charge in [-0.25, -0.2) is 0 Å². The van der Waals surface area contributed by atoms with Gasteiger partial charge in [0.1, 0.15) is 0 Å². The molecule has 1 saturated carbocycles. The van der Waals surface area contributed by atoms with Gasteiger partial charge in [0.05, 0.1) is 0 Å². The molecule has 2 atom stereocenters. The van der Waals surface area contributed by atoms with E-state index in [1.54, 1.807) is 24.3 Å². The van der Waals surface area contributed by atoms with Gasteiger partial charge in [0, 0.05) is 24.3 Å². The maximum atomic E-state index is 12.0. The number of amides is 2. The average molecular weight is 276 g/mol. The third kappa shape index (κ3) is 3.36. The largest absolute Gasteiger partial charge is 0.396 e. The van der Waals surface area contributed by atoms with E-state index < -0.39 is 5.91 Å². The number of hydrogen-bond donors (Lipinski definition) is 3. The Hall–Kier alpha value is -1.88. The third-order valence-electron chi connectivity index (χ3n) is 4.01. The number of primary amides is 1. The van der Waals surface area contributed by atoms with Crippen molar-refractivity contribution in [2.45, 2.75) is 19.3 Å². The van der Waals surface area contributed by atoms with Gasteiger partial charge in [-0.15, -0.1) is 0 Å². The normalized spacial score (nSPS) is 21.6. The maximum absolute atomic E-state index is 12.0. The Balaban J connectivity index is 1.90. The molecule has 5 heteroatoms. The molecule has 4 N–H and O–H groups in total. The zero-order valence-corrected chi connectivity index (χ0v) is 11.3. The van der Waals surface area contributed by atoms with E-state index in [1.807, 2.05) is 0 Å². The molecular weight excluding hydrogens is 256 g/mol. The van der Waals surface area contributed by atoms with E-state index in [-0.39, 0.29) is 12.5 Å². The molecule has 1 aliphatic rings. The Bertz CT molecular complexity index is 484. The number of aliphatic hydroxyl groups is 1. The highest BCUT2D eigenvalue weighted by Gasteiger charge is 2.26. The van der Waals surface area contributed by atoms with Crippen LogP contribution in [-0.4, -0.2) is 30.1 Å². The van der Waals surface area contributed by atoms with Crippen molar-refractivity contribution in [2.24, 2.45) is 17.6 Å². The van der Waals surface area contributed by atoms with E-state index >= 15 is 0 Å². The summed E-state index contributed by atoms with van der Waals surface area (Å²) < 4.78 is 0. The fourth-order valence-corrected chi connectivity index (χ4v) is 2.73. The molecule has 1 aromatic carbocycles. The van der Waals surface area contributed by atoms with Crippen LogP contribution in [0.25, 0.3) is 0 Å². The van der Waals surface area contributed by atoms with E-state index in [0.29, 0.717) is 29.5 Å². The van der Waals surface area contributed by atoms with Crippen LogP contribution in [0.2, 0.25) is 0 Å². The predicted octanol–water partition coefficient (Wildman–Crippen LogP) is 0.924. The highest BCUT2D eigenvalue weighted by molar-refractivity contribution is 5.97. The molecule has 0 spiro atoms. The summed E-state index contributed by atoms with van der Waals surface area (Å²) in [5, 5.41) is 12.1. The molecule has 0 aromatic heterocycles. The average Bonchev–Trinajstić information content (AvgIpc) is 2.92. The molecule has 2 unspecified atom stereocenters. The zero-order valence-electron chi connectivity index (χ0n) is 11.3. The second-order valence-electron chi connectivity index (χ2n) is 5.29. The molecule has 1 fully saturated rings. The quantitative estimate of drug-likeness (QED) is 0.746. The number of carbonyl (C=O) groups is 2. The first-order valence-electron chi connectivity index (χ1n) is 6.90. The van der Waals surface area contributed by atoms with E-state index in [9.17, 15) is 14.7 Å². The Morgan fingerprint density at radius 2 is 1.75 bits per heavy atom. The zero-order chi connectivity index (χ0) is 14.5. The predicted molar refractivity (Wildman–Crippen MR) is 75.2 cm³/mol.